The van der Waals surface area contributed by atoms with Crippen LogP contribution in [0, 0.1) is 0 Å². The Balaban J connectivity index is 2.08. The number of hydrogen-bond donors (Lipinski definition) is 1. The first kappa shape index (κ1) is 10.1. The van der Waals surface area contributed by atoms with E-state index in [1.54, 1.807) is 11.3 Å². The maximum absolute atomic E-state index is 5.73. The molecule has 2 aromatic heterocycles. The summed E-state index contributed by atoms with van der Waals surface area (Å²) in [5.41, 5.74) is 2.52. The van der Waals surface area contributed by atoms with Crippen molar-refractivity contribution < 1.29 is 4.74 Å². The van der Waals surface area contributed by atoms with Crippen LogP contribution in [0.4, 0.5) is 0 Å². The molecule has 0 amide bonds. The van der Waals surface area contributed by atoms with E-state index >= 15 is 0 Å². The second kappa shape index (κ2) is 4.05. The second-order valence-corrected chi connectivity index (χ2v) is 4.66. The van der Waals surface area contributed by atoms with Gasteiger partial charge in [0.05, 0.1) is 0 Å². The molecule has 0 radical (unpaired) electrons. The Labute approximate surface area is 98.7 Å². The minimum absolute atomic E-state index is 0.0196. The highest BCUT2D eigenvalue weighted by Crippen LogP contribution is 2.32. The van der Waals surface area contributed by atoms with Crippen molar-refractivity contribution in [1.29, 1.82) is 0 Å². The zero-order valence-electron chi connectivity index (χ0n) is 9.14. The van der Waals surface area contributed by atoms with Crippen LogP contribution >= 0.6 is 11.3 Å². The van der Waals surface area contributed by atoms with Crippen LogP contribution in [0.25, 0.3) is 5.00 Å². The van der Waals surface area contributed by atoms with Gasteiger partial charge in [0.1, 0.15) is 11.2 Å². The van der Waals surface area contributed by atoms with Crippen LogP contribution in [0.2, 0.25) is 0 Å². The summed E-state index contributed by atoms with van der Waals surface area (Å²) in [5, 5.41) is 6.82. The molecular formula is C12H14N2OS. The topological polar surface area (TPSA) is 26.2 Å². The average Bonchev–Trinajstić information content (AvgIpc) is 2.90. The van der Waals surface area contributed by atoms with Gasteiger partial charge in [0, 0.05) is 30.6 Å². The fraction of sp³-hybridized carbons (Fsp3) is 0.333. The molecule has 2 aromatic rings. The third-order valence-corrected chi connectivity index (χ3v) is 3.74. The zero-order chi connectivity index (χ0) is 11.0. The third-order valence-electron chi connectivity index (χ3n) is 2.81. The molecule has 1 atom stereocenters. The van der Waals surface area contributed by atoms with E-state index in [2.05, 4.69) is 39.7 Å². The molecular weight excluding hydrogens is 220 g/mol. The second-order valence-electron chi connectivity index (χ2n) is 3.77. The maximum Gasteiger partial charge on any atom is 0.137 e. The van der Waals surface area contributed by atoms with Gasteiger partial charge in [-0.1, -0.05) is 0 Å². The number of nitrogens with zero attached hydrogens (tertiary/aromatic N) is 1. The smallest absolute Gasteiger partial charge is 0.137 e. The molecule has 0 saturated heterocycles. The van der Waals surface area contributed by atoms with E-state index in [9.17, 15) is 0 Å². The van der Waals surface area contributed by atoms with E-state index < -0.39 is 0 Å². The van der Waals surface area contributed by atoms with Gasteiger partial charge in [0.25, 0.3) is 0 Å². The van der Waals surface area contributed by atoms with Crippen LogP contribution in [0.5, 0.6) is 0 Å². The molecule has 3 heterocycles. The molecule has 1 unspecified atom stereocenters. The van der Waals surface area contributed by atoms with Crippen molar-refractivity contribution in [3.63, 3.8) is 0 Å². The summed E-state index contributed by atoms with van der Waals surface area (Å²) in [6.45, 7) is 3.60. The van der Waals surface area contributed by atoms with Crippen molar-refractivity contribution >= 4 is 11.3 Å². The first-order valence-electron chi connectivity index (χ1n) is 5.49. The molecule has 1 N–H and O–H groups in total. The normalized spacial score (nSPS) is 18.9. The van der Waals surface area contributed by atoms with Gasteiger partial charge >= 0.3 is 0 Å². The maximum atomic E-state index is 5.73. The van der Waals surface area contributed by atoms with E-state index in [4.69, 9.17) is 4.74 Å². The van der Waals surface area contributed by atoms with Crippen LogP contribution in [0.1, 0.15) is 24.4 Å². The summed E-state index contributed by atoms with van der Waals surface area (Å²) >= 11 is 1.76. The molecule has 1 aliphatic rings. The predicted octanol–water partition coefficient (Wildman–Crippen LogP) is 2.68. The molecule has 3 nitrogen and oxygen atoms in total. The van der Waals surface area contributed by atoms with Crippen LogP contribution in [0.15, 0.2) is 29.8 Å². The molecule has 0 bridgehead atoms. The van der Waals surface area contributed by atoms with Gasteiger partial charge in [-0.15, -0.1) is 11.3 Å². The molecule has 1 aliphatic heterocycles. The molecule has 84 valence electrons. The van der Waals surface area contributed by atoms with Crippen molar-refractivity contribution in [2.24, 2.45) is 0 Å². The molecule has 0 saturated carbocycles. The lowest BCUT2D eigenvalue weighted by atomic mass is 10.3. The number of thiophene rings is 1. The quantitative estimate of drug-likeness (QED) is 0.864. The molecule has 16 heavy (non-hydrogen) atoms. The molecule has 4 heteroatoms. The molecule has 0 fully saturated rings. The first-order valence-corrected chi connectivity index (χ1v) is 6.37. The van der Waals surface area contributed by atoms with Crippen molar-refractivity contribution in [2.45, 2.75) is 19.7 Å². The van der Waals surface area contributed by atoms with Crippen LogP contribution in [-0.2, 0) is 11.3 Å². The lowest BCUT2D eigenvalue weighted by Gasteiger charge is -2.15. The van der Waals surface area contributed by atoms with Crippen molar-refractivity contribution in [3.8, 4) is 5.00 Å². The number of ether oxygens (including phenoxy) is 1. The molecule has 0 aliphatic carbocycles. The van der Waals surface area contributed by atoms with Gasteiger partial charge in [-0.2, -0.15) is 0 Å². The van der Waals surface area contributed by atoms with Gasteiger partial charge in [0.2, 0.25) is 0 Å². The lowest BCUT2D eigenvalue weighted by Crippen LogP contribution is -2.21. The molecule has 0 spiro atoms. The largest absolute Gasteiger partial charge is 0.359 e. The Kier molecular flexibility index (Phi) is 2.55. The van der Waals surface area contributed by atoms with Crippen LogP contribution < -0.4 is 5.32 Å². The van der Waals surface area contributed by atoms with Gasteiger partial charge in [0.15, 0.2) is 0 Å². The Bertz CT molecular complexity index is 489. The highest BCUT2D eigenvalue weighted by atomic mass is 32.1. The Hall–Kier alpha value is -1.10. The van der Waals surface area contributed by atoms with Gasteiger partial charge in [-0.05, 0) is 30.5 Å². The van der Waals surface area contributed by atoms with Crippen molar-refractivity contribution in [2.75, 3.05) is 6.61 Å². The van der Waals surface area contributed by atoms with Crippen LogP contribution in [0.3, 0.4) is 0 Å². The molecule has 0 aromatic carbocycles. The third kappa shape index (κ3) is 1.50. The number of aromatic nitrogens is 1. The van der Waals surface area contributed by atoms with Gasteiger partial charge in [-0.3, -0.25) is 5.32 Å². The SMILES string of the molecule is CCOC1NCc2cccn2-c2sccc21. The molecule has 3 rings (SSSR count). The predicted molar refractivity (Wildman–Crippen MR) is 64.9 cm³/mol. The number of hydrogen-bond acceptors (Lipinski definition) is 3. The highest BCUT2D eigenvalue weighted by molar-refractivity contribution is 7.12. The Morgan fingerprint density at radius 1 is 1.56 bits per heavy atom. The van der Waals surface area contributed by atoms with E-state index in [0.717, 1.165) is 13.2 Å². The Morgan fingerprint density at radius 2 is 2.50 bits per heavy atom. The fourth-order valence-corrected chi connectivity index (χ4v) is 3.03. The van der Waals surface area contributed by atoms with E-state index in [-0.39, 0.29) is 6.23 Å². The summed E-state index contributed by atoms with van der Waals surface area (Å²) in [5.74, 6) is 0. The Morgan fingerprint density at radius 3 is 3.38 bits per heavy atom. The number of nitrogens with one attached hydrogen (secondary N) is 1. The summed E-state index contributed by atoms with van der Waals surface area (Å²) in [6, 6.07) is 6.37. The first-order chi connectivity index (χ1) is 7.90. The van der Waals surface area contributed by atoms with E-state index in [1.807, 2.05) is 6.92 Å². The highest BCUT2D eigenvalue weighted by Gasteiger charge is 2.22. The fourth-order valence-electron chi connectivity index (χ4n) is 2.09. The standard InChI is InChI=1S/C12H14N2OS/c1-2-15-11-10-5-7-16-12(10)14-6-3-4-9(14)8-13-11/h3-7,11,13H,2,8H2,1H3. The number of rotatable bonds is 2. The zero-order valence-corrected chi connectivity index (χ0v) is 9.96. The summed E-state index contributed by atoms with van der Waals surface area (Å²) in [7, 11) is 0. The minimum atomic E-state index is 0.0196. The van der Waals surface area contributed by atoms with Crippen LogP contribution in [-0.4, -0.2) is 11.2 Å². The van der Waals surface area contributed by atoms with Crippen molar-refractivity contribution in [3.05, 3.63) is 41.0 Å². The van der Waals surface area contributed by atoms with E-state index in [0.29, 0.717) is 0 Å². The van der Waals surface area contributed by atoms with Gasteiger partial charge < -0.3 is 9.30 Å². The monoisotopic (exact) mass is 234 g/mol. The average molecular weight is 234 g/mol. The van der Waals surface area contributed by atoms with Crippen molar-refractivity contribution in [1.82, 2.24) is 9.88 Å². The van der Waals surface area contributed by atoms with Gasteiger partial charge in [-0.25, -0.2) is 0 Å². The summed E-state index contributed by atoms with van der Waals surface area (Å²) in [6.07, 6.45) is 2.13. The summed E-state index contributed by atoms with van der Waals surface area (Å²) in [4.78, 5) is 0. The summed E-state index contributed by atoms with van der Waals surface area (Å²) < 4.78 is 7.97. The minimum Gasteiger partial charge on any atom is -0.359 e. The lowest BCUT2D eigenvalue weighted by molar-refractivity contribution is 0.0371. The van der Waals surface area contributed by atoms with E-state index in [1.165, 1.54) is 16.3 Å². The number of fused-ring (bicyclic) bond motifs is 3.